The molecule has 2 N–H and O–H groups in total. The molecule has 1 aromatic heterocycles. The van der Waals surface area contributed by atoms with Crippen LogP contribution in [0.1, 0.15) is 56.7 Å². The standard InChI is InChI=1S/C16H21ClN4S/c1-4-10(5-2)11-6-7-19-12(8-11)9(3)16-20-14(17)13(22)15(18)21-16/h6-10,15H,4-5,18H2,1-3H3. The summed E-state index contributed by atoms with van der Waals surface area (Å²) >= 11 is 11.1. The van der Waals surface area contributed by atoms with Gasteiger partial charge >= 0.3 is 0 Å². The van der Waals surface area contributed by atoms with Crippen LogP contribution in [0.5, 0.6) is 0 Å². The maximum atomic E-state index is 6.04. The maximum absolute atomic E-state index is 6.04. The summed E-state index contributed by atoms with van der Waals surface area (Å²) in [6, 6.07) is 4.21. The highest BCUT2D eigenvalue weighted by molar-refractivity contribution is 7.82. The second-order valence-corrected chi connectivity index (χ2v) is 6.25. The third-order valence-corrected chi connectivity index (χ3v) is 4.88. The van der Waals surface area contributed by atoms with Gasteiger partial charge in [0.2, 0.25) is 0 Å². The van der Waals surface area contributed by atoms with Gasteiger partial charge in [0.05, 0.1) is 16.5 Å². The average Bonchev–Trinajstić information content (AvgIpc) is 2.53. The smallest absolute Gasteiger partial charge is 0.148 e. The van der Waals surface area contributed by atoms with Crippen molar-refractivity contribution in [2.45, 2.75) is 51.6 Å². The van der Waals surface area contributed by atoms with Gasteiger partial charge in [-0.05, 0) is 43.4 Å². The first-order valence-electron chi connectivity index (χ1n) is 7.55. The number of nitrogens with zero attached hydrogens (tertiary/aromatic N) is 3. The predicted molar refractivity (Wildman–Crippen MR) is 97.3 cm³/mol. The molecule has 0 saturated heterocycles. The van der Waals surface area contributed by atoms with E-state index in [1.54, 1.807) is 0 Å². The van der Waals surface area contributed by atoms with Gasteiger partial charge in [-0.3, -0.25) is 4.98 Å². The van der Waals surface area contributed by atoms with Crippen LogP contribution in [0.2, 0.25) is 0 Å². The van der Waals surface area contributed by atoms with Gasteiger partial charge in [0.15, 0.2) is 0 Å². The number of hydrogen-bond donors (Lipinski definition) is 1. The lowest BCUT2D eigenvalue weighted by Gasteiger charge is -2.20. The number of hydrogen-bond acceptors (Lipinski definition) is 5. The third-order valence-electron chi connectivity index (χ3n) is 4.05. The van der Waals surface area contributed by atoms with Gasteiger partial charge in [0.25, 0.3) is 0 Å². The van der Waals surface area contributed by atoms with Gasteiger partial charge in [-0.15, -0.1) is 0 Å². The minimum absolute atomic E-state index is 0.0720. The van der Waals surface area contributed by atoms with Gasteiger partial charge < -0.3 is 5.73 Å². The largest absolute Gasteiger partial charge is 0.305 e. The van der Waals surface area contributed by atoms with E-state index >= 15 is 0 Å². The number of rotatable bonds is 5. The topological polar surface area (TPSA) is 63.6 Å². The van der Waals surface area contributed by atoms with Gasteiger partial charge in [0.1, 0.15) is 17.2 Å². The summed E-state index contributed by atoms with van der Waals surface area (Å²) in [6.07, 6.45) is 3.47. The van der Waals surface area contributed by atoms with Crippen molar-refractivity contribution in [3.63, 3.8) is 0 Å². The molecule has 118 valence electrons. The van der Waals surface area contributed by atoms with Gasteiger partial charge in [-0.2, -0.15) is 0 Å². The molecule has 2 atom stereocenters. The summed E-state index contributed by atoms with van der Waals surface area (Å²) < 4.78 is 0. The van der Waals surface area contributed by atoms with E-state index in [0.717, 1.165) is 18.5 Å². The predicted octanol–water partition coefficient (Wildman–Crippen LogP) is 3.79. The summed E-state index contributed by atoms with van der Waals surface area (Å²) in [5.41, 5.74) is 8.11. The molecule has 0 amide bonds. The van der Waals surface area contributed by atoms with Gasteiger partial charge in [-0.1, -0.05) is 37.7 Å². The molecule has 1 aromatic rings. The van der Waals surface area contributed by atoms with Crippen LogP contribution < -0.4 is 5.73 Å². The SMILES string of the molecule is CCC(CC)c1ccnc(C(C)C2=NC(N)C(=S)C(Cl)=N2)c1. The molecule has 0 bridgehead atoms. The Labute approximate surface area is 141 Å². The summed E-state index contributed by atoms with van der Waals surface area (Å²) in [6.45, 7) is 6.41. The van der Waals surface area contributed by atoms with E-state index in [0.29, 0.717) is 16.6 Å². The molecule has 0 fully saturated rings. The Balaban J connectivity index is 2.30. The number of aromatic nitrogens is 1. The first kappa shape index (κ1) is 17.2. The lowest BCUT2D eigenvalue weighted by Crippen LogP contribution is -2.36. The van der Waals surface area contributed by atoms with E-state index in [2.05, 4.69) is 40.9 Å². The fourth-order valence-electron chi connectivity index (χ4n) is 2.56. The molecule has 22 heavy (non-hydrogen) atoms. The minimum Gasteiger partial charge on any atom is -0.305 e. The Morgan fingerprint density at radius 1 is 1.36 bits per heavy atom. The van der Waals surface area contributed by atoms with E-state index in [1.807, 2.05) is 13.1 Å². The first-order valence-corrected chi connectivity index (χ1v) is 8.34. The Bertz CT molecular complexity index is 622. The van der Waals surface area contributed by atoms with E-state index in [-0.39, 0.29) is 11.1 Å². The molecule has 1 aliphatic heterocycles. The molecule has 2 unspecified atom stereocenters. The van der Waals surface area contributed by atoms with E-state index in [9.17, 15) is 0 Å². The zero-order valence-electron chi connectivity index (χ0n) is 13.1. The highest BCUT2D eigenvalue weighted by Crippen LogP contribution is 2.26. The van der Waals surface area contributed by atoms with Crippen molar-refractivity contribution in [1.82, 2.24) is 4.98 Å². The molecule has 1 aliphatic rings. The highest BCUT2D eigenvalue weighted by atomic mass is 35.5. The first-order chi connectivity index (χ1) is 10.5. The molecular formula is C16H21ClN4S. The van der Waals surface area contributed by atoms with Gasteiger partial charge in [0, 0.05) is 6.20 Å². The van der Waals surface area contributed by atoms with Crippen molar-refractivity contribution >= 4 is 39.7 Å². The van der Waals surface area contributed by atoms with Crippen LogP contribution in [0.25, 0.3) is 0 Å². The minimum atomic E-state index is -0.598. The number of thiocarbonyl (C=S) groups is 1. The molecule has 2 heterocycles. The molecule has 4 nitrogen and oxygen atoms in total. The number of halogens is 1. The Morgan fingerprint density at radius 2 is 2.05 bits per heavy atom. The fraction of sp³-hybridized carbons (Fsp3) is 0.500. The van der Waals surface area contributed by atoms with Crippen molar-refractivity contribution < 1.29 is 0 Å². The zero-order chi connectivity index (χ0) is 16.3. The van der Waals surface area contributed by atoms with Crippen LogP contribution in [0.15, 0.2) is 28.3 Å². The van der Waals surface area contributed by atoms with Crippen molar-refractivity contribution in [3.05, 3.63) is 29.6 Å². The van der Waals surface area contributed by atoms with E-state index in [4.69, 9.17) is 29.6 Å². The highest BCUT2D eigenvalue weighted by Gasteiger charge is 2.24. The summed E-state index contributed by atoms with van der Waals surface area (Å²) in [5, 5.41) is 0.260. The normalized spacial score (nSPS) is 19.9. The van der Waals surface area contributed by atoms with Crippen LogP contribution in [0.4, 0.5) is 0 Å². The second-order valence-electron chi connectivity index (χ2n) is 5.45. The summed E-state index contributed by atoms with van der Waals surface area (Å²) in [5.74, 6) is 1.06. The summed E-state index contributed by atoms with van der Waals surface area (Å²) in [4.78, 5) is 13.5. The molecular weight excluding hydrogens is 316 g/mol. The Hall–Kier alpha value is -1.17. The quantitative estimate of drug-likeness (QED) is 0.832. The van der Waals surface area contributed by atoms with Crippen LogP contribution in [0.3, 0.4) is 0 Å². The maximum Gasteiger partial charge on any atom is 0.148 e. The monoisotopic (exact) mass is 336 g/mol. The summed E-state index contributed by atoms with van der Waals surface area (Å²) in [7, 11) is 0. The van der Waals surface area contributed by atoms with E-state index in [1.165, 1.54) is 5.56 Å². The third kappa shape index (κ3) is 3.59. The number of nitrogens with two attached hydrogens (primary N) is 1. The number of amidine groups is 1. The molecule has 0 spiro atoms. The van der Waals surface area contributed by atoms with Crippen LogP contribution >= 0.6 is 23.8 Å². The van der Waals surface area contributed by atoms with Crippen LogP contribution in [0, 0.1) is 0 Å². The fourth-order valence-corrected chi connectivity index (χ4v) is 2.86. The van der Waals surface area contributed by atoms with Crippen molar-refractivity contribution in [2.24, 2.45) is 15.7 Å². The second kappa shape index (κ2) is 7.40. The van der Waals surface area contributed by atoms with Crippen molar-refractivity contribution in [2.75, 3.05) is 0 Å². The molecule has 6 heteroatoms. The zero-order valence-corrected chi connectivity index (χ0v) is 14.7. The Morgan fingerprint density at radius 3 is 2.64 bits per heavy atom. The molecule has 2 rings (SSSR count). The lowest BCUT2D eigenvalue weighted by atomic mass is 9.92. The molecule has 0 aromatic carbocycles. The van der Waals surface area contributed by atoms with Gasteiger partial charge in [-0.25, -0.2) is 9.98 Å². The van der Waals surface area contributed by atoms with Crippen molar-refractivity contribution in [1.29, 1.82) is 0 Å². The molecule has 0 saturated carbocycles. The molecule has 0 radical (unpaired) electrons. The Kier molecular flexibility index (Phi) is 5.78. The van der Waals surface area contributed by atoms with E-state index < -0.39 is 6.17 Å². The van der Waals surface area contributed by atoms with Crippen LogP contribution in [-0.4, -0.2) is 27.0 Å². The van der Waals surface area contributed by atoms with Crippen LogP contribution in [-0.2, 0) is 0 Å². The number of aliphatic imine (C=N–C) groups is 2. The lowest BCUT2D eigenvalue weighted by molar-refractivity contribution is 0.639. The van der Waals surface area contributed by atoms with Crippen molar-refractivity contribution in [3.8, 4) is 0 Å². The molecule has 0 aliphatic carbocycles. The average molecular weight is 337 g/mol. The number of pyridine rings is 1.